The maximum atomic E-state index is 5.42. The minimum absolute atomic E-state index is 0.484. The molecule has 0 saturated heterocycles. The normalized spacial score (nSPS) is 46.8. The lowest BCUT2D eigenvalue weighted by Gasteiger charge is -2.74. The van der Waals surface area contributed by atoms with Crippen molar-refractivity contribution in [3.8, 4) is 0 Å². The van der Waals surface area contributed by atoms with Crippen LogP contribution < -0.4 is 0 Å². The third-order valence-electron chi connectivity index (χ3n) is 4.55. The number of methoxy groups -OCH3 is 1. The Morgan fingerprint density at radius 1 is 1.00 bits per heavy atom. The second kappa shape index (κ2) is 2.25. The third kappa shape index (κ3) is 0.783. The summed E-state index contributed by atoms with van der Waals surface area (Å²) >= 11 is 0. The lowest BCUT2D eigenvalue weighted by Crippen LogP contribution is -2.68. The average molecular weight is 168 g/mol. The molecule has 0 aromatic heterocycles. The highest BCUT2D eigenvalue weighted by atomic mass is 16.5. The van der Waals surface area contributed by atoms with Crippen molar-refractivity contribution in [3.63, 3.8) is 0 Å². The van der Waals surface area contributed by atoms with Gasteiger partial charge < -0.3 is 4.74 Å². The fourth-order valence-electron chi connectivity index (χ4n) is 3.24. The summed E-state index contributed by atoms with van der Waals surface area (Å²) in [5.74, 6) is 0.878. The summed E-state index contributed by atoms with van der Waals surface area (Å²) in [5, 5.41) is 0. The van der Waals surface area contributed by atoms with E-state index in [1.807, 2.05) is 7.11 Å². The molecular weight excluding hydrogens is 148 g/mol. The summed E-state index contributed by atoms with van der Waals surface area (Å²) in [6, 6.07) is 0. The number of hydrogen-bond donors (Lipinski definition) is 0. The first-order valence-electron chi connectivity index (χ1n) is 5.07. The van der Waals surface area contributed by atoms with Crippen molar-refractivity contribution in [2.45, 2.75) is 46.1 Å². The summed E-state index contributed by atoms with van der Waals surface area (Å²) in [4.78, 5) is 0. The lowest BCUT2D eigenvalue weighted by atomic mass is 9.31. The molecule has 0 N–H and O–H groups in total. The fourth-order valence-corrected chi connectivity index (χ4v) is 3.24. The van der Waals surface area contributed by atoms with Gasteiger partial charge in [-0.3, -0.25) is 0 Å². The predicted molar refractivity (Wildman–Crippen MR) is 50.0 cm³/mol. The van der Waals surface area contributed by atoms with E-state index in [4.69, 9.17) is 4.74 Å². The SMILES string of the molecule is COC(C)C12CC(C(C)C)(C1)C2. The Labute approximate surface area is 75.5 Å². The predicted octanol–water partition coefficient (Wildman–Crippen LogP) is 2.85. The molecule has 0 aromatic carbocycles. The summed E-state index contributed by atoms with van der Waals surface area (Å²) in [5.41, 5.74) is 1.33. The van der Waals surface area contributed by atoms with Gasteiger partial charge in [-0.25, -0.2) is 0 Å². The first-order chi connectivity index (χ1) is 5.55. The minimum atomic E-state index is 0.484. The smallest absolute Gasteiger partial charge is 0.0600 e. The van der Waals surface area contributed by atoms with Gasteiger partial charge in [0.25, 0.3) is 0 Å². The van der Waals surface area contributed by atoms with Crippen molar-refractivity contribution in [1.29, 1.82) is 0 Å². The molecule has 12 heavy (non-hydrogen) atoms. The Kier molecular flexibility index (Phi) is 1.61. The van der Waals surface area contributed by atoms with Crippen LogP contribution in [0.4, 0.5) is 0 Å². The zero-order valence-electron chi connectivity index (χ0n) is 8.68. The molecule has 3 aliphatic rings. The summed E-state index contributed by atoms with van der Waals surface area (Å²) in [6.45, 7) is 6.95. The molecule has 70 valence electrons. The molecule has 3 saturated carbocycles. The highest BCUT2D eigenvalue weighted by Gasteiger charge is 2.70. The van der Waals surface area contributed by atoms with Crippen molar-refractivity contribution in [3.05, 3.63) is 0 Å². The van der Waals surface area contributed by atoms with Gasteiger partial charge in [-0.1, -0.05) is 13.8 Å². The molecule has 0 aliphatic heterocycles. The molecule has 0 spiro atoms. The monoisotopic (exact) mass is 168 g/mol. The van der Waals surface area contributed by atoms with Crippen molar-refractivity contribution in [1.82, 2.24) is 0 Å². The van der Waals surface area contributed by atoms with E-state index in [-0.39, 0.29) is 0 Å². The van der Waals surface area contributed by atoms with Crippen molar-refractivity contribution >= 4 is 0 Å². The molecule has 0 heterocycles. The van der Waals surface area contributed by atoms with Gasteiger partial charge in [-0.15, -0.1) is 0 Å². The second-order valence-corrected chi connectivity index (χ2v) is 5.29. The number of ether oxygens (including phenoxy) is 1. The maximum absolute atomic E-state index is 5.42. The van der Waals surface area contributed by atoms with Gasteiger partial charge in [0, 0.05) is 7.11 Å². The van der Waals surface area contributed by atoms with Crippen LogP contribution in [0.1, 0.15) is 40.0 Å². The van der Waals surface area contributed by atoms with Gasteiger partial charge in [0.05, 0.1) is 6.10 Å². The molecule has 3 rings (SSSR count). The molecule has 0 radical (unpaired) electrons. The van der Waals surface area contributed by atoms with Crippen molar-refractivity contribution < 1.29 is 4.74 Å². The Morgan fingerprint density at radius 2 is 1.50 bits per heavy atom. The van der Waals surface area contributed by atoms with E-state index in [1.165, 1.54) is 19.3 Å². The Hall–Kier alpha value is -0.0400. The quantitative estimate of drug-likeness (QED) is 0.629. The summed E-state index contributed by atoms with van der Waals surface area (Å²) in [7, 11) is 1.84. The second-order valence-electron chi connectivity index (χ2n) is 5.29. The Bertz CT molecular complexity index is 175. The van der Waals surface area contributed by atoms with Gasteiger partial charge >= 0.3 is 0 Å². The molecular formula is C11H20O. The Balaban J connectivity index is 1.95. The lowest BCUT2D eigenvalue weighted by molar-refractivity contribution is -0.275. The maximum Gasteiger partial charge on any atom is 0.0600 e. The number of rotatable bonds is 3. The van der Waals surface area contributed by atoms with Gasteiger partial charge in [0.2, 0.25) is 0 Å². The van der Waals surface area contributed by atoms with Crippen LogP contribution in [-0.2, 0) is 4.74 Å². The van der Waals surface area contributed by atoms with E-state index >= 15 is 0 Å². The van der Waals surface area contributed by atoms with E-state index in [1.54, 1.807) is 0 Å². The van der Waals surface area contributed by atoms with E-state index in [0.717, 1.165) is 11.3 Å². The van der Waals surface area contributed by atoms with Crippen LogP contribution in [0.3, 0.4) is 0 Å². The minimum Gasteiger partial charge on any atom is -0.381 e. The first-order valence-corrected chi connectivity index (χ1v) is 5.07. The zero-order valence-corrected chi connectivity index (χ0v) is 8.68. The average Bonchev–Trinajstić information content (AvgIpc) is 1.80. The molecule has 1 unspecified atom stereocenters. The van der Waals surface area contributed by atoms with Crippen LogP contribution in [0, 0.1) is 16.7 Å². The van der Waals surface area contributed by atoms with Crippen molar-refractivity contribution in [2.75, 3.05) is 7.11 Å². The summed E-state index contributed by atoms with van der Waals surface area (Å²) < 4.78 is 5.42. The largest absolute Gasteiger partial charge is 0.381 e. The molecule has 1 heteroatoms. The van der Waals surface area contributed by atoms with Gasteiger partial charge in [-0.2, -0.15) is 0 Å². The van der Waals surface area contributed by atoms with E-state index < -0.39 is 0 Å². The molecule has 3 fully saturated rings. The Morgan fingerprint density at radius 3 is 1.83 bits per heavy atom. The first kappa shape index (κ1) is 8.55. The van der Waals surface area contributed by atoms with Crippen LogP contribution in [0.2, 0.25) is 0 Å². The van der Waals surface area contributed by atoms with Gasteiger partial charge in [0.1, 0.15) is 0 Å². The van der Waals surface area contributed by atoms with Gasteiger partial charge in [-0.05, 0) is 42.9 Å². The molecule has 1 nitrogen and oxygen atoms in total. The van der Waals surface area contributed by atoms with E-state index in [2.05, 4.69) is 20.8 Å². The van der Waals surface area contributed by atoms with Crippen molar-refractivity contribution in [2.24, 2.45) is 16.7 Å². The topological polar surface area (TPSA) is 9.23 Å². The fraction of sp³-hybridized carbons (Fsp3) is 1.00. The highest BCUT2D eigenvalue weighted by molar-refractivity contribution is 5.19. The molecule has 0 aromatic rings. The van der Waals surface area contributed by atoms with Crippen LogP contribution >= 0.6 is 0 Å². The number of hydrogen-bond acceptors (Lipinski definition) is 1. The molecule has 1 atom stereocenters. The van der Waals surface area contributed by atoms with E-state index in [9.17, 15) is 0 Å². The highest BCUT2D eigenvalue weighted by Crippen LogP contribution is 2.77. The van der Waals surface area contributed by atoms with Crippen LogP contribution in [0.5, 0.6) is 0 Å². The molecule has 2 bridgehead atoms. The summed E-state index contributed by atoms with van der Waals surface area (Å²) in [6.07, 6.45) is 4.75. The molecule has 3 aliphatic carbocycles. The van der Waals surface area contributed by atoms with Crippen LogP contribution in [-0.4, -0.2) is 13.2 Å². The van der Waals surface area contributed by atoms with E-state index in [0.29, 0.717) is 11.5 Å². The van der Waals surface area contributed by atoms with Crippen LogP contribution in [0.15, 0.2) is 0 Å². The molecule has 0 amide bonds. The standard InChI is InChI=1S/C11H20O/c1-8(2)10-5-11(6-10,7-10)9(3)12-4/h8-9H,5-7H2,1-4H3. The van der Waals surface area contributed by atoms with Crippen LogP contribution in [0.25, 0.3) is 0 Å². The van der Waals surface area contributed by atoms with Gasteiger partial charge in [0.15, 0.2) is 0 Å². The zero-order chi connectivity index (χ0) is 8.98. The third-order valence-corrected chi connectivity index (χ3v) is 4.55.